The number of nitrogens with zero attached hydrogens (tertiary/aromatic N) is 1. The third kappa shape index (κ3) is 3.48. The summed E-state index contributed by atoms with van der Waals surface area (Å²) in [6.45, 7) is 0. The normalized spacial score (nSPS) is 10.5. The molecular weight excluding hydrogens is 347 g/mol. The third-order valence-electron chi connectivity index (χ3n) is 2.04. The zero-order chi connectivity index (χ0) is 13.0. The van der Waals surface area contributed by atoms with E-state index in [0.29, 0.717) is 3.57 Å². The number of hydrogen-bond donors (Lipinski definition) is 0. The van der Waals surface area contributed by atoms with E-state index in [9.17, 15) is 13.6 Å². The van der Waals surface area contributed by atoms with Gasteiger partial charge in [0.15, 0.2) is 0 Å². The van der Waals surface area contributed by atoms with E-state index in [0.717, 1.165) is 0 Å². The molecule has 0 aliphatic heterocycles. The fourth-order valence-electron chi connectivity index (χ4n) is 1.21. The number of carbonyl (C=O) groups excluding carboxylic acids is 1. The number of carbonyl (C=O) groups is 1. The highest BCUT2D eigenvalue weighted by Crippen LogP contribution is 2.28. The Morgan fingerprint density at radius 3 is 2.65 bits per heavy atom. The molecule has 0 fully saturated rings. The van der Waals surface area contributed by atoms with E-state index in [2.05, 4.69) is 9.72 Å². The molecule has 17 heavy (non-hydrogen) atoms. The number of methoxy groups -OCH3 is 2. The maximum absolute atomic E-state index is 12.8. The van der Waals surface area contributed by atoms with Gasteiger partial charge in [-0.1, -0.05) is 0 Å². The van der Waals surface area contributed by atoms with E-state index < -0.39 is 18.1 Å². The van der Waals surface area contributed by atoms with Crippen molar-refractivity contribution in [3.63, 3.8) is 0 Å². The molecular formula is C10H10F2INO3. The van der Waals surface area contributed by atoms with Crippen LogP contribution in [-0.4, -0.2) is 25.2 Å². The predicted octanol–water partition coefficient (Wildman–Crippen LogP) is 2.35. The van der Waals surface area contributed by atoms with E-state index in [-0.39, 0.29) is 17.9 Å². The molecule has 0 bridgehead atoms. The van der Waals surface area contributed by atoms with Crippen molar-refractivity contribution in [1.29, 1.82) is 0 Å². The van der Waals surface area contributed by atoms with E-state index in [1.807, 2.05) is 22.6 Å². The average Bonchev–Trinajstić information content (AvgIpc) is 2.30. The zero-order valence-electron chi connectivity index (χ0n) is 9.17. The van der Waals surface area contributed by atoms with Gasteiger partial charge in [-0.25, -0.2) is 13.8 Å². The van der Waals surface area contributed by atoms with Gasteiger partial charge >= 0.3 is 5.97 Å². The molecule has 0 unspecified atom stereocenters. The van der Waals surface area contributed by atoms with Crippen LogP contribution in [-0.2, 0) is 16.0 Å². The van der Waals surface area contributed by atoms with Gasteiger partial charge in [0.2, 0.25) is 5.88 Å². The van der Waals surface area contributed by atoms with E-state index >= 15 is 0 Å². The Balaban J connectivity index is 3.21. The monoisotopic (exact) mass is 357 g/mol. The highest BCUT2D eigenvalue weighted by atomic mass is 127. The second kappa shape index (κ2) is 6.08. The van der Waals surface area contributed by atoms with Gasteiger partial charge in [-0.15, -0.1) is 0 Å². The summed E-state index contributed by atoms with van der Waals surface area (Å²) >= 11 is 1.86. The van der Waals surface area contributed by atoms with Crippen molar-refractivity contribution in [3.05, 3.63) is 20.9 Å². The minimum Gasteiger partial charge on any atom is -0.481 e. The van der Waals surface area contributed by atoms with Crippen LogP contribution in [0, 0.1) is 3.57 Å². The number of halogens is 3. The van der Waals surface area contributed by atoms with Crippen molar-refractivity contribution in [3.8, 4) is 5.88 Å². The molecule has 0 atom stereocenters. The minimum atomic E-state index is -2.77. The first-order chi connectivity index (χ1) is 7.99. The first-order valence-corrected chi connectivity index (χ1v) is 5.65. The van der Waals surface area contributed by atoms with Crippen LogP contribution in [0.4, 0.5) is 8.78 Å². The van der Waals surface area contributed by atoms with Crippen molar-refractivity contribution >= 4 is 28.6 Å². The fraction of sp³-hybridized carbons (Fsp3) is 0.400. The van der Waals surface area contributed by atoms with Crippen LogP contribution >= 0.6 is 22.6 Å². The van der Waals surface area contributed by atoms with Gasteiger partial charge in [0.1, 0.15) is 5.69 Å². The van der Waals surface area contributed by atoms with Crippen molar-refractivity contribution in [2.75, 3.05) is 14.2 Å². The van der Waals surface area contributed by atoms with Crippen LogP contribution in [0.25, 0.3) is 0 Å². The largest absolute Gasteiger partial charge is 0.481 e. The summed E-state index contributed by atoms with van der Waals surface area (Å²) in [5, 5.41) is 0. The van der Waals surface area contributed by atoms with Crippen LogP contribution in [0.5, 0.6) is 5.88 Å². The van der Waals surface area contributed by atoms with Gasteiger partial charge in [0.05, 0.1) is 20.6 Å². The molecule has 0 aliphatic carbocycles. The number of pyridine rings is 1. The number of hydrogen-bond acceptors (Lipinski definition) is 4. The van der Waals surface area contributed by atoms with Gasteiger partial charge in [-0.2, -0.15) is 0 Å². The summed E-state index contributed by atoms with van der Waals surface area (Å²) in [6.07, 6.45) is -3.00. The number of rotatable bonds is 4. The number of aromatic nitrogens is 1. The molecule has 0 aliphatic rings. The predicted molar refractivity (Wildman–Crippen MR) is 64.2 cm³/mol. The SMILES string of the molecule is COC(=O)Cc1c(I)cc(OC)nc1C(F)F. The summed E-state index contributed by atoms with van der Waals surface area (Å²) in [7, 11) is 2.54. The van der Waals surface area contributed by atoms with E-state index in [4.69, 9.17) is 4.74 Å². The molecule has 0 radical (unpaired) electrons. The topological polar surface area (TPSA) is 48.4 Å². The molecule has 1 aromatic rings. The van der Waals surface area contributed by atoms with Crippen molar-refractivity contribution in [2.24, 2.45) is 0 Å². The Bertz CT molecular complexity index is 426. The third-order valence-corrected chi connectivity index (χ3v) is 3.01. The van der Waals surface area contributed by atoms with Crippen LogP contribution in [0.15, 0.2) is 6.07 Å². The molecule has 4 nitrogen and oxygen atoms in total. The lowest BCUT2D eigenvalue weighted by molar-refractivity contribution is -0.139. The lowest BCUT2D eigenvalue weighted by Crippen LogP contribution is -2.11. The van der Waals surface area contributed by atoms with Gasteiger partial charge in [-0.05, 0) is 22.6 Å². The highest BCUT2D eigenvalue weighted by molar-refractivity contribution is 14.1. The smallest absolute Gasteiger partial charge is 0.310 e. The van der Waals surface area contributed by atoms with Gasteiger partial charge < -0.3 is 9.47 Å². The quantitative estimate of drug-likeness (QED) is 0.613. The Labute approximate surface area is 110 Å². The summed E-state index contributed by atoms with van der Waals surface area (Å²) in [6, 6.07) is 1.49. The van der Waals surface area contributed by atoms with E-state index in [1.165, 1.54) is 20.3 Å². The second-order valence-corrected chi connectivity index (χ2v) is 4.23. The van der Waals surface area contributed by atoms with Crippen LogP contribution in [0.1, 0.15) is 17.7 Å². The first-order valence-electron chi connectivity index (χ1n) is 4.57. The maximum Gasteiger partial charge on any atom is 0.310 e. The summed E-state index contributed by atoms with van der Waals surface area (Å²) < 4.78 is 35.4. The molecule has 1 rings (SSSR count). The fourth-order valence-corrected chi connectivity index (χ4v) is 1.95. The van der Waals surface area contributed by atoms with Gasteiger partial charge in [0.25, 0.3) is 6.43 Å². The van der Waals surface area contributed by atoms with Gasteiger partial charge in [-0.3, -0.25) is 4.79 Å². The molecule has 0 saturated carbocycles. The summed E-state index contributed by atoms with van der Waals surface area (Å²) in [5.41, 5.74) is -0.271. The van der Waals surface area contributed by atoms with Crippen molar-refractivity contribution in [1.82, 2.24) is 4.98 Å². The first kappa shape index (κ1) is 14.1. The molecule has 0 spiro atoms. The Morgan fingerprint density at radius 1 is 1.53 bits per heavy atom. The molecule has 0 aromatic carbocycles. The van der Waals surface area contributed by atoms with Crippen LogP contribution < -0.4 is 4.74 Å². The lowest BCUT2D eigenvalue weighted by Gasteiger charge is -2.11. The maximum atomic E-state index is 12.8. The van der Waals surface area contributed by atoms with Gasteiger partial charge in [0, 0.05) is 15.2 Å². The Hall–Kier alpha value is -0.990. The number of ether oxygens (including phenoxy) is 2. The zero-order valence-corrected chi connectivity index (χ0v) is 11.3. The second-order valence-electron chi connectivity index (χ2n) is 3.06. The number of alkyl halides is 2. The molecule has 1 heterocycles. The molecule has 0 saturated heterocycles. The Morgan fingerprint density at radius 2 is 2.18 bits per heavy atom. The van der Waals surface area contributed by atoms with Crippen LogP contribution in [0.3, 0.4) is 0 Å². The molecule has 7 heteroatoms. The molecule has 94 valence electrons. The van der Waals surface area contributed by atoms with E-state index in [1.54, 1.807) is 0 Å². The van der Waals surface area contributed by atoms with Crippen molar-refractivity contribution in [2.45, 2.75) is 12.8 Å². The molecule has 0 amide bonds. The standard InChI is InChI=1S/C10H10F2INO3/c1-16-7-4-6(13)5(3-8(15)17-2)9(14-7)10(11)12/h4,10H,3H2,1-2H3. The Kier molecular flexibility index (Phi) is 5.03. The summed E-state index contributed by atoms with van der Waals surface area (Å²) in [4.78, 5) is 14.8. The molecule has 0 N–H and O–H groups in total. The summed E-state index contributed by atoms with van der Waals surface area (Å²) in [5.74, 6) is -0.491. The van der Waals surface area contributed by atoms with Crippen molar-refractivity contribution < 1.29 is 23.0 Å². The lowest BCUT2D eigenvalue weighted by atomic mass is 10.1. The average molecular weight is 357 g/mol. The minimum absolute atomic E-state index is 0.0957. The number of esters is 1. The molecule has 1 aromatic heterocycles. The van der Waals surface area contributed by atoms with Crippen LogP contribution in [0.2, 0.25) is 0 Å². The highest BCUT2D eigenvalue weighted by Gasteiger charge is 2.21.